The first-order valence-electron chi connectivity index (χ1n) is 31.9. The summed E-state index contributed by atoms with van der Waals surface area (Å²) in [7, 11) is 0. The number of fused-ring (bicyclic) bond motifs is 1. The van der Waals surface area contributed by atoms with Crippen molar-refractivity contribution in [3.8, 4) is 78.6 Å². The van der Waals surface area contributed by atoms with Gasteiger partial charge in [0.15, 0.2) is 0 Å². The van der Waals surface area contributed by atoms with Crippen LogP contribution in [0.2, 0.25) is 0 Å². The van der Waals surface area contributed by atoms with Gasteiger partial charge in [0.05, 0.1) is 22.3 Å². The van der Waals surface area contributed by atoms with Gasteiger partial charge in [-0.2, -0.15) is 0 Å². The van der Waals surface area contributed by atoms with E-state index in [-0.39, 0.29) is 60.4 Å². The molecule has 0 aliphatic carbocycles. The molecular formula is C62H60N3OPt-. The number of imidazole rings is 1. The second kappa shape index (κ2) is 18.0. The fourth-order valence-corrected chi connectivity index (χ4v) is 8.28. The molecule has 2 heterocycles. The minimum absolute atomic E-state index is 0. The number of nitrogens with zero attached hydrogens (tertiary/aromatic N) is 3. The summed E-state index contributed by atoms with van der Waals surface area (Å²) in [5, 5.41) is 13.0. The molecule has 0 fully saturated rings. The van der Waals surface area contributed by atoms with Gasteiger partial charge in [0, 0.05) is 67.3 Å². The number of phenolic OH excluding ortho intramolecular Hbond substituents is 1. The summed E-state index contributed by atoms with van der Waals surface area (Å²) in [5.74, 6) is -2.16. The number of phenols is 1. The van der Waals surface area contributed by atoms with Crippen LogP contribution in [0.4, 0.5) is 0 Å². The number of hydrogen-bond donors (Lipinski definition) is 1. The summed E-state index contributed by atoms with van der Waals surface area (Å²) in [6.45, 7) is -20.0. The van der Waals surface area contributed by atoms with Crippen molar-refractivity contribution in [2.75, 3.05) is 0 Å². The van der Waals surface area contributed by atoms with Crippen LogP contribution in [-0.4, -0.2) is 19.6 Å². The van der Waals surface area contributed by atoms with E-state index >= 15 is 0 Å². The Balaban J connectivity index is 0.0000100. The summed E-state index contributed by atoms with van der Waals surface area (Å²) in [6, 6.07) is 45.5. The molecule has 9 rings (SSSR count). The first-order chi connectivity index (χ1) is 40.0. The van der Waals surface area contributed by atoms with E-state index in [2.05, 4.69) is 6.07 Å². The summed E-state index contributed by atoms with van der Waals surface area (Å²) in [4.78, 5) is 9.81. The van der Waals surface area contributed by atoms with Gasteiger partial charge in [0.2, 0.25) is 0 Å². The molecule has 340 valence electrons. The summed E-state index contributed by atoms with van der Waals surface area (Å²) < 4.78 is 186. The maximum Gasteiger partial charge on any atom is 0.148 e. The molecule has 67 heavy (non-hydrogen) atoms. The number of para-hydroxylation sites is 1. The number of aromatic nitrogens is 3. The molecule has 9 aromatic rings. The van der Waals surface area contributed by atoms with Crippen LogP contribution in [0.3, 0.4) is 0 Å². The van der Waals surface area contributed by atoms with Crippen LogP contribution in [0.1, 0.15) is 118 Å². The summed E-state index contributed by atoms with van der Waals surface area (Å²) >= 11 is 0. The van der Waals surface area contributed by atoms with Crippen LogP contribution in [0.25, 0.3) is 83.9 Å². The van der Waals surface area contributed by atoms with E-state index < -0.39 is 87.1 Å². The smallest absolute Gasteiger partial charge is 0.148 e. The average molecular weight is 1080 g/mol. The van der Waals surface area contributed by atoms with Crippen LogP contribution in [-0.2, 0) is 37.3 Å². The Bertz CT molecular complexity index is 3980. The first kappa shape index (κ1) is 27.5. The third-order valence-electron chi connectivity index (χ3n) is 11.9. The van der Waals surface area contributed by atoms with Gasteiger partial charge in [0.25, 0.3) is 0 Å². The van der Waals surface area contributed by atoms with E-state index in [1.807, 2.05) is 125 Å². The van der Waals surface area contributed by atoms with Crippen LogP contribution >= 0.6 is 0 Å². The van der Waals surface area contributed by atoms with Crippen molar-refractivity contribution in [3.63, 3.8) is 0 Å². The van der Waals surface area contributed by atoms with Crippen molar-refractivity contribution in [2.45, 2.75) is 91.9 Å². The first-order valence-corrected chi connectivity index (χ1v) is 21.4. The Morgan fingerprint density at radius 1 is 0.567 bits per heavy atom. The Morgan fingerprint density at radius 3 is 1.91 bits per heavy atom. The average Bonchev–Trinajstić information content (AvgIpc) is 0.789. The molecule has 0 aliphatic rings. The van der Waals surface area contributed by atoms with Crippen molar-refractivity contribution in [3.05, 3.63) is 192 Å². The van der Waals surface area contributed by atoms with Crippen molar-refractivity contribution < 1.29 is 55.0 Å². The number of aryl methyl sites for hydroxylation is 2. The van der Waals surface area contributed by atoms with Crippen molar-refractivity contribution in [2.24, 2.45) is 0 Å². The molecule has 0 atom stereocenters. The van der Waals surface area contributed by atoms with Crippen LogP contribution in [0, 0.1) is 19.8 Å². The molecule has 0 spiro atoms. The van der Waals surface area contributed by atoms with Gasteiger partial charge in [-0.1, -0.05) is 193 Å². The quantitative estimate of drug-likeness (QED) is 0.162. The maximum absolute atomic E-state index is 13.0. The van der Waals surface area contributed by atoms with Gasteiger partial charge in [-0.15, -0.1) is 23.8 Å². The van der Waals surface area contributed by atoms with Crippen molar-refractivity contribution in [1.82, 2.24) is 14.5 Å². The second-order valence-electron chi connectivity index (χ2n) is 17.8. The fraction of sp³-hybridized carbons (Fsp3) is 0.226. The van der Waals surface area contributed by atoms with E-state index in [0.29, 0.717) is 39.6 Å². The zero-order valence-corrected chi connectivity index (χ0v) is 39.4. The molecule has 0 saturated heterocycles. The topological polar surface area (TPSA) is 50.9 Å². The molecule has 4 nitrogen and oxygen atoms in total. The predicted molar refractivity (Wildman–Crippen MR) is 278 cm³/mol. The third kappa shape index (κ3) is 9.47. The second-order valence-corrected chi connectivity index (χ2v) is 17.8. The van der Waals surface area contributed by atoms with Crippen LogP contribution in [0.5, 0.6) is 5.75 Å². The van der Waals surface area contributed by atoms with E-state index in [4.69, 9.17) is 38.8 Å². The molecule has 0 radical (unpaired) electrons. The normalized spacial score (nSPS) is 18.0. The summed E-state index contributed by atoms with van der Waals surface area (Å²) in [5.41, 5.74) is -5.27. The predicted octanol–water partition coefficient (Wildman–Crippen LogP) is 16.4. The van der Waals surface area contributed by atoms with Gasteiger partial charge in [0.1, 0.15) is 11.6 Å². The number of rotatable bonds is 7. The minimum atomic E-state index is -4.24. The molecule has 0 unspecified atom stereocenters. The third-order valence-corrected chi connectivity index (χ3v) is 11.9. The van der Waals surface area contributed by atoms with Crippen LogP contribution < -0.4 is 0 Å². The molecule has 1 N–H and O–H groups in total. The van der Waals surface area contributed by atoms with Crippen LogP contribution in [0.15, 0.2) is 158 Å². The maximum atomic E-state index is 13.0. The zero-order chi connectivity index (χ0) is 64.2. The van der Waals surface area contributed by atoms with E-state index in [0.717, 1.165) is 27.8 Å². The summed E-state index contributed by atoms with van der Waals surface area (Å²) in [6.07, 6.45) is 1.66. The van der Waals surface area contributed by atoms with Gasteiger partial charge >= 0.3 is 0 Å². The molecular weight excluding hydrogens is 998 g/mol. The molecule has 0 saturated carbocycles. The Hall–Kier alpha value is -6.35. The van der Waals surface area contributed by atoms with Crippen molar-refractivity contribution in [1.29, 1.82) is 0 Å². The molecule has 0 amide bonds. The molecule has 2 aromatic heterocycles. The van der Waals surface area contributed by atoms with Crippen molar-refractivity contribution >= 4 is 11.0 Å². The fourth-order valence-electron chi connectivity index (χ4n) is 8.28. The van der Waals surface area contributed by atoms with Gasteiger partial charge in [-0.25, -0.2) is 4.98 Å². The van der Waals surface area contributed by atoms with E-state index in [9.17, 15) is 5.11 Å². The van der Waals surface area contributed by atoms with E-state index in [1.165, 1.54) is 22.8 Å². The zero-order valence-electron chi connectivity index (χ0n) is 58.1. The Kier molecular flexibility index (Phi) is 7.39. The SMILES string of the molecule is [2H]C([2H])([2H])c1cc(-c2ccc(C(C)(C)C)cc2)ccc1-n1c(-c2cc(C(C([2H])([2H])[2H])(C([2H])([2H])[2H])C([2H])([2H])[2H])cc(C(C([2H])([2H])[2H])(C([2H])([2H])[2H])C([2H])([2H])[2H])c2O)nc2c(-c3[c-]c(-c4cc(-c5ccc(C)cc5)ccn4)cc(-c4ccccc4)c3)cccc21.[Pt]. The Labute approximate surface area is 441 Å². The Morgan fingerprint density at radius 2 is 1.22 bits per heavy atom. The monoisotopic (exact) mass is 1080 g/mol. The number of pyridine rings is 1. The van der Waals surface area contributed by atoms with Gasteiger partial charge in [-0.3, -0.25) is 9.55 Å². The number of benzene rings is 7. The molecule has 5 heteroatoms. The number of hydrogen-bond acceptors (Lipinski definition) is 3. The van der Waals surface area contributed by atoms with Gasteiger partial charge < -0.3 is 5.11 Å². The molecule has 7 aromatic carbocycles. The van der Waals surface area contributed by atoms with Gasteiger partial charge in [-0.05, 0) is 105 Å². The minimum Gasteiger partial charge on any atom is -0.507 e. The molecule has 0 aliphatic heterocycles. The van der Waals surface area contributed by atoms with E-state index in [1.54, 1.807) is 30.5 Å². The molecule has 0 bridgehead atoms. The standard InChI is InChI=1S/C62H60N3O.Pt/c1-39-20-22-42(23-21-39)45-30-31-63-54(36-45)48-34-46(41-16-13-12-14-17-41)33-47(35-48)51-18-15-19-56-57(51)64-59(52-37-50(61(6,7)8)38-53(58(52)66)62(9,10)11)65(56)55-29-26-44(32-40(55)2)43-24-27-49(28-25-43)60(3,4)5;/h12-34,36-38,66H,1-11H3;/q-1;/i2D3,6D3,7D3,8D3,9D3,10D3,11D3;. The number of aromatic hydroxyl groups is 1. The largest absolute Gasteiger partial charge is 0.507 e.